The number of nitrogens with zero attached hydrogens (tertiary/aromatic N) is 3. The van der Waals surface area contributed by atoms with Crippen molar-refractivity contribution in [3.8, 4) is 22.4 Å². The summed E-state index contributed by atoms with van der Waals surface area (Å²) in [6, 6.07) is 15.5. The van der Waals surface area contributed by atoms with Gasteiger partial charge in [-0.3, -0.25) is 14.8 Å². The van der Waals surface area contributed by atoms with Crippen LogP contribution in [0, 0.1) is 4.91 Å². The maximum atomic E-state index is 12.7. The van der Waals surface area contributed by atoms with Gasteiger partial charge in [-0.25, -0.2) is 13.6 Å². The van der Waals surface area contributed by atoms with E-state index in [9.17, 15) is 13.3 Å². The molecule has 0 unspecified atom stereocenters. The first-order chi connectivity index (χ1) is 14.4. The van der Waals surface area contributed by atoms with Gasteiger partial charge in [0.05, 0.1) is 15.5 Å². The Labute approximate surface area is 171 Å². The molecule has 0 saturated heterocycles. The highest BCUT2D eigenvalue weighted by atomic mass is 32.2. The molecule has 0 amide bonds. The van der Waals surface area contributed by atoms with Crippen molar-refractivity contribution in [1.82, 2.24) is 15.2 Å². The molecule has 0 spiro atoms. The summed E-state index contributed by atoms with van der Waals surface area (Å²) < 4.78 is 27.9. The van der Waals surface area contributed by atoms with Crippen LogP contribution in [0.15, 0.2) is 84.1 Å². The Morgan fingerprint density at radius 3 is 2.40 bits per heavy atom. The summed E-state index contributed by atoms with van der Waals surface area (Å²) in [5.41, 5.74) is 3.47. The number of rotatable bonds is 6. The topological polar surface area (TPSA) is 128 Å². The molecule has 3 N–H and O–H groups in total. The third-order valence-corrected chi connectivity index (χ3v) is 5.79. The maximum Gasteiger partial charge on any atom is 0.316 e. The predicted octanol–water partition coefficient (Wildman–Crippen LogP) is 3.74. The molecule has 2 aromatic heterocycles. The zero-order chi connectivity index (χ0) is 21.1. The average molecular weight is 422 g/mol. The van der Waals surface area contributed by atoms with Crippen LogP contribution in [0.25, 0.3) is 22.4 Å². The predicted molar refractivity (Wildman–Crippen MR) is 110 cm³/mol. The minimum absolute atomic E-state index is 0.0456. The van der Waals surface area contributed by atoms with Gasteiger partial charge in [0.15, 0.2) is 0 Å². The maximum absolute atomic E-state index is 12.7. The lowest BCUT2D eigenvalue weighted by molar-refractivity contribution is -0.729. The zero-order valence-corrected chi connectivity index (χ0v) is 16.2. The van der Waals surface area contributed by atoms with E-state index in [2.05, 4.69) is 19.9 Å². The summed E-state index contributed by atoms with van der Waals surface area (Å²) in [6.45, 7) is 0. The number of aromatic nitrogens is 3. The standard InChI is InChI=1S/C20H16N5O4S/c26-25(27)17-4-6-18(7-5-17)30(28,29)24-16-3-1-2-15(12-16)20-19(13-22-23-20)14-8-10-21-11-9-14/h1-13,24H,(H,22,23)(H,26,27)/q+1. The van der Waals surface area contributed by atoms with Crippen LogP contribution < -0.4 is 4.72 Å². The minimum atomic E-state index is -3.89. The van der Waals surface area contributed by atoms with E-state index in [4.69, 9.17) is 5.21 Å². The number of hydrogen-bond donors (Lipinski definition) is 3. The highest BCUT2D eigenvalue weighted by Crippen LogP contribution is 2.31. The van der Waals surface area contributed by atoms with Gasteiger partial charge in [-0.2, -0.15) is 5.10 Å². The molecule has 0 saturated carbocycles. The second-order valence-electron chi connectivity index (χ2n) is 6.34. The Bertz CT molecular complexity index is 1300. The first-order valence-electron chi connectivity index (χ1n) is 8.78. The van der Waals surface area contributed by atoms with Crippen LogP contribution in [0.5, 0.6) is 0 Å². The Morgan fingerprint density at radius 1 is 0.967 bits per heavy atom. The number of anilines is 1. The van der Waals surface area contributed by atoms with Crippen LogP contribution in [0.4, 0.5) is 11.4 Å². The fourth-order valence-electron chi connectivity index (χ4n) is 2.96. The molecule has 2 aromatic carbocycles. The van der Waals surface area contributed by atoms with Gasteiger partial charge >= 0.3 is 5.69 Å². The van der Waals surface area contributed by atoms with Gasteiger partial charge in [0.2, 0.25) is 0 Å². The lowest BCUT2D eigenvalue weighted by Crippen LogP contribution is -2.13. The summed E-state index contributed by atoms with van der Waals surface area (Å²) in [6.07, 6.45) is 5.14. The van der Waals surface area contributed by atoms with E-state index in [0.29, 0.717) is 11.4 Å². The van der Waals surface area contributed by atoms with Gasteiger partial charge in [-0.1, -0.05) is 12.1 Å². The fourth-order valence-corrected chi connectivity index (χ4v) is 4.01. The molecule has 30 heavy (non-hydrogen) atoms. The number of nitrogens with one attached hydrogen (secondary N) is 2. The Hall–Kier alpha value is -4.05. The van der Waals surface area contributed by atoms with Crippen LogP contribution in [0.3, 0.4) is 0 Å². The van der Waals surface area contributed by atoms with E-state index in [-0.39, 0.29) is 15.5 Å². The first kappa shape index (κ1) is 19.3. The van der Waals surface area contributed by atoms with Crippen LogP contribution in [0.2, 0.25) is 0 Å². The molecule has 2 heterocycles. The number of sulfonamides is 1. The highest BCUT2D eigenvalue weighted by Gasteiger charge is 2.18. The van der Waals surface area contributed by atoms with Crippen LogP contribution in [0.1, 0.15) is 0 Å². The lowest BCUT2D eigenvalue weighted by Gasteiger charge is -2.09. The Kier molecular flexibility index (Phi) is 4.98. The van der Waals surface area contributed by atoms with E-state index in [1.54, 1.807) is 36.8 Å². The molecule has 0 bridgehead atoms. The van der Waals surface area contributed by atoms with E-state index in [1.807, 2.05) is 18.2 Å². The van der Waals surface area contributed by atoms with Gasteiger partial charge in [0.1, 0.15) is 0 Å². The molecule has 0 fully saturated rings. The minimum Gasteiger partial charge on any atom is -0.284 e. The van der Waals surface area contributed by atoms with Crippen molar-refractivity contribution in [2.24, 2.45) is 0 Å². The highest BCUT2D eigenvalue weighted by molar-refractivity contribution is 7.92. The molecule has 4 aromatic rings. The number of benzene rings is 2. The normalized spacial score (nSPS) is 11.2. The second-order valence-corrected chi connectivity index (χ2v) is 8.02. The second kappa shape index (κ2) is 7.76. The van der Waals surface area contributed by atoms with Crippen LogP contribution in [-0.2, 0) is 10.0 Å². The third kappa shape index (κ3) is 3.89. The van der Waals surface area contributed by atoms with Crippen molar-refractivity contribution >= 4 is 21.4 Å². The van der Waals surface area contributed by atoms with Crippen molar-refractivity contribution in [3.63, 3.8) is 0 Å². The van der Waals surface area contributed by atoms with Crippen molar-refractivity contribution in [1.29, 1.82) is 0 Å². The smallest absolute Gasteiger partial charge is 0.284 e. The molecule has 0 aliphatic heterocycles. The first-order valence-corrected chi connectivity index (χ1v) is 10.3. The van der Waals surface area contributed by atoms with Crippen molar-refractivity contribution < 1.29 is 18.5 Å². The molecule has 0 aliphatic rings. The molecule has 0 radical (unpaired) electrons. The van der Waals surface area contributed by atoms with E-state index >= 15 is 0 Å². The summed E-state index contributed by atoms with van der Waals surface area (Å²) in [4.78, 5) is 14.5. The molecule has 0 aliphatic carbocycles. The van der Waals surface area contributed by atoms with Gasteiger partial charge in [0, 0.05) is 47.5 Å². The van der Waals surface area contributed by atoms with Gasteiger partial charge in [-0.05, 0) is 42.0 Å². The molecular formula is C20H16N5O4S+. The molecule has 10 heteroatoms. The molecular weight excluding hydrogens is 406 g/mol. The van der Waals surface area contributed by atoms with Gasteiger partial charge in [0.25, 0.3) is 14.9 Å². The quantitative estimate of drug-likeness (QED) is 0.406. The van der Waals surface area contributed by atoms with Gasteiger partial charge in [-0.15, -0.1) is 0 Å². The lowest BCUT2D eigenvalue weighted by atomic mass is 10.0. The number of H-pyrrole nitrogens is 1. The van der Waals surface area contributed by atoms with Crippen LogP contribution >= 0.6 is 0 Å². The van der Waals surface area contributed by atoms with E-state index in [1.165, 1.54) is 24.3 Å². The molecule has 9 nitrogen and oxygen atoms in total. The summed E-state index contributed by atoms with van der Waals surface area (Å²) in [7, 11) is -3.89. The van der Waals surface area contributed by atoms with Crippen molar-refractivity contribution in [2.75, 3.05) is 4.72 Å². The Balaban J connectivity index is 1.63. The Morgan fingerprint density at radius 2 is 1.70 bits per heavy atom. The number of aromatic amines is 1. The monoisotopic (exact) mass is 422 g/mol. The summed E-state index contributed by atoms with van der Waals surface area (Å²) >= 11 is 0. The average Bonchev–Trinajstić information content (AvgIpc) is 3.24. The SMILES string of the molecule is O=[N+](O)c1ccc(S(=O)(=O)Nc2cccc(-c3n[nH]cc3-c3ccncc3)c2)cc1. The molecule has 150 valence electrons. The van der Waals surface area contributed by atoms with E-state index in [0.717, 1.165) is 16.7 Å². The van der Waals surface area contributed by atoms with Gasteiger partial charge < -0.3 is 0 Å². The van der Waals surface area contributed by atoms with E-state index < -0.39 is 10.0 Å². The largest absolute Gasteiger partial charge is 0.316 e. The fraction of sp³-hybridized carbons (Fsp3) is 0. The van der Waals surface area contributed by atoms with Crippen LogP contribution in [-0.4, -0.2) is 33.7 Å². The molecule has 0 atom stereocenters. The van der Waals surface area contributed by atoms with Crippen molar-refractivity contribution in [2.45, 2.75) is 4.90 Å². The number of pyridine rings is 1. The third-order valence-electron chi connectivity index (χ3n) is 4.39. The summed E-state index contributed by atoms with van der Waals surface area (Å²) in [5.74, 6) is 0. The molecule has 4 rings (SSSR count). The van der Waals surface area contributed by atoms with Crippen molar-refractivity contribution in [3.05, 3.63) is 84.2 Å². The number of hydrogen-bond acceptors (Lipinski definition) is 5. The zero-order valence-electron chi connectivity index (χ0n) is 15.4. The summed E-state index contributed by atoms with van der Waals surface area (Å²) in [5, 5.41) is 16.0.